The van der Waals surface area contributed by atoms with E-state index in [9.17, 15) is 14.9 Å². The summed E-state index contributed by atoms with van der Waals surface area (Å²) in [4.78, 5) is 25.1. The van der Waals surface area contributed by atoms with E-state index in [4.69, 9.17) is 11.6 Å². The third-order valence-corrected chi connectivity index (χ3v) is 4.12. The summed E-state index contributed by atoms with van der Waals surface area (Å²) in [5, 5.41) is 13.7. The normalized spacial score (nSPS) is 11.7. The number of aromatic nitrogens is 3. The molecule has 0 radical (unpaired) electrons. The Kier molecular flexibility index (Phi) is 4.50. The second-order valence-electron chi connectivity index (χ2n) is 5.53. The van der Waals surface area contributed by atoms with E-state index in [0.717, 1.165) is 22.0 Å². The number of aryl methyl sites for hydroxylation is 1. The molecule has 1 unspecified atom stereocenters. The molecule has 1 heterocycles. The van der Waals surface area contributed by atoms with E-state index in [0.29, 0.717) is 16.3 Å². The topological polar surface area (TPSA) is 91.5 Å². The first-order valence-corrected chi connectivity index (χ1v) is 7.82. The van der Waals surface area contributed by atoms with Gasteiger partial charge in [-0.3, -0.25) is 9.78 Å². The summed E-state index contributed by atoms with van der Waals surface area (Å²) in [6.45, 7) is 1.97. The summed E-state index contributed by atoms with van der Waals surface area (Å²) >= 11 is 6.35. The molecule has 0 aliphatic carbocycles. The van der Waals surface area contributed by atoms with Crippen LogP contribution >= 0.6 is 11.6 Å². The van der Waals surface area contributed by atoms with Gasteiger partial charge in [-0.15, -0.1) is 0 Å². The number of hydrogen-bond donors (Lipinski definition) is 1. The van der Waals surface area contributed by atoms with Crippen molar-refractivity contribution in [3.63, 3.8) is 0 Å². The Balaban J connectivity index is 2.04. The quantitative estimate of drug-likeness (QED) is 0.784. The molecule has 7 heteroatoms. The number of aromatic amines is 1. The molecule has 0 saturated carbocycles. The fourth-order valence-electron chi connectivity index (χ4n) is 2.50. The van der Waals surface area contributed by atoms with Gasteiger partial charge in [0.2, 0.25) is 0 Å². The van der Waals surface area contributed by atoms with Crippen LogP contribution in [-0.4, -0.2) is 14.8 Å². The number of hydrogen-bond acceptors (Lipinski definition) is 4. The van der Waals surface area contributed by atoms with E-state index in [2.05, 4.69) is 16.2 Å². The van der Waals surface area contributed by atoms with E-state index in [1.165, 1.54) is 0 Å². The number of H-pyrrole nitrogens is 1. The molecule has 1 atom stereocenters. The first-order valence-electron chi connectivity index (χ1n) is 7.44. The number of benzene rings is 2. The van der Waals surface area contributed by atoms with Crippen LogP contribution in [0.1, 0.15) is 22.6 Å². The summed E-state index contributed by atoms with van der Waals surface area (Å²) in [6.07, 6.45) is 1.01. The van der Waals surface area contributed by atoms with Gasteiger partial charge in [-0.25, -0.2) is 4.79 Å². The van der Waals surface area contributed by atoms with Gasteiger partial charge in [-0.1, -0.05) is 47.5 Å². The molecular weight excluding hydrogens is 340 g/mol. The largest absolute Gasteiger partial charge is 0.349 e. The predicted octanol–water partition coefficient (Wildman–Crippen LogP) is 2.54. The van der Waals surface area contributed by atoms with Gasteiger partial charge < -0.3 is 0 Å². The van der Waals surface area contributed by atoms with Crippen LogP contribution in [0.3, 0.4) is 0 Å². The van der Waals surface area contributed by atoms with Crippen molar-refractivity contribution in [2.24, 2.45) is 0 Å². The molecule has 6 nitrogen and oxygen atoms in total. The van der Waals surface area contributed by atoms with Crippen molar-refractivity contribution in [2.75, 3.05) is 0 Å². The molecule has 0 fully saturated rings. The summed E-state index contributed by atoms with van der Waals surface area (Å²) in [7, 11) is 0. The summed E-state index contributed by atoms with van der Waals surface area (Å²) < 4.78 is 1.03. The zero-order valence-electron chi connectivity index (χ0n) is 13.2. The van der Waals surface area contributed by atoms with Crippen LogP contribution in [0.15, 0.2) is 58.3 Å². The van der Waals surface area contributed by atoms with Crippen LogP contribution in [0.2, 0.25) is 5.02 Å². The van der Waals surface area contributed by atoms with Crippen molar-refractivity contribution in [3.05, 3.63) is 91.2 Å². The van der Waals surface area contributed by atoms with E-state index >= 15 is 0 Å². The van der Waals surface area contributed by atoms with Crippen molar-refractivity contribution in [3.8, 4) is 11.8 Å². The lowest BCUT2D eigenvalue weighted by Gasteiger charge is -2.13. The van der Waals surface area contributed by atoms with Gasteiger partial charge in [0.15, 0.2) is 0 Å². The van der Waals surface area contributed by atoms with Gasteiger partial charge in [-0.05, 0) is 30.2 Å². The van der Waals surface area contributed by atoms with E-state index < -0.39 is 17.2 Å². The Morgan fingerprint density at radius 2 is 1.92 bits per heavy atom. The minimum absolute atomic E-state index is 0.338. The maximum absolute atomic E-state index is 11.8. The molecule has 25 heavy (non-hydrogen) atoms. The van der Waals surface area contributed by atoms with Crippen LogP contribution in [0.4, 0.5) is 0 Å². The second kappa shape index (κ2) is 6.75. The van der Waals surface area contributed by atoms with Crippen LogP contribution in [0, 0.1) is 18.3 Å². The van der Waals surface area contributed by atoms with Gasteiger partial charge in [0.05, 0.1) is 17.7 Å². The summed E-state index contributed by atoms with van der Waals surface area (Å²) in [5.74, 6) is -0.526. The van der Waals surface area contributed by atoms with Gasteiger partial charge in [0.25, 0.3) is 5.56 Å². The second-order valence-corrected chi connectivity index (χ2v) is 5.94. The van der Waals surface area contributed by atoms with Crippen molar-refractivity contribution < 1.29 is 0 Å². The number of rotatable bonds is 3. The molecule has 0 spiro atoms. The van der Waals surface area contributed by atoms with Crippen molar-refractivity contribution >= 4 is 11.6 Å². The van der Waals surface area contributed by atoms with Crippen LogP contribution in [-0.2, 0) is 0 Å². The highest BCUT2D eigenvalue weighted by Gasteiger charge is 2.17. The van der Waals surface area contributed by atoms with E-state index in [-0.39, 0.29) is 0 Å². The minimum atomic E-state index is -0.660. The third kappa shape index (κ3) is 3.37. The van der Waals surface area contributed by atoms with Gasteiger partial charge in [0, 0.05) is 5.02 Å². The molecule has 0 aliphatic heterocycles. The van der Waals surface area contributed by atoms with Crippen molar-refractivity contribution in [1.29, 1.82) is 5.26 Å². The molecule has 3 aromatic rings. The molecule has 0 saturated heterocycles. The first kappa shape index (κ1) is 16.7. The highest BCUT2D eigenvalue weighted by Crippen LogP contribution is 2.31. The smallest absolute Gasteiger partial charge is 0.271 e. The molecule has 1 N–H and O–H groups in total. The number of halogens is 1. The zero-order valence-corrected chi connectivity index (χ0v) is 14.0. The minimum Gasteiger partial charge on any atom is -0.271 e. The Morgan fingerprint density at radius 3 is 2.52 bits per heavy atom. The van der Waals surface area contributed by atoms with Gasteiger partial charge >= 0.3 is 5.69 Å². The fraction of sp³-hybridized carbons (Fsp3) is 0.111. The highest BCUT2D eigenvalue weighted by molar-refractivity contribution is 6.31. The lowest BCUT2D eigenvalue weighted by molar-refractivity contribution is 0.749. The van der Waals surface area contributed by atoms with Gasteiger partial charge in [0.1, 0.15) is 6.20 Å². The average molecular weight is 353 g/mol. The van der Waals surface area contributed by atoms with E-state index in [1.807, 2.05) is 31.2 Å². The van der Waals surface area contributed by atoms with Crippen molar-refractivity contribution in [2.45, 2.75) is 12.8 Å². The Bertz CT molecular complexity index is 1080. The Morgan fingerprint density at radius 1 is 1.20 bits per heavy atom. The third-order valence-electron chi connectivity index (χ3n) is 3.79. The fourth-order valence-corrected chi connectivity index (χ4v) is 2.79. The van der Waals surface area contributed by atoms with Crippen LogP contribution in [0.25, 0.3) is 5.69 Å². The number of nitriles is 1. The average Bonchev–Trinajstić information content (AvgIpc) is 2.58. The molecule has 0 aliphatic rings. The molecule has 2 aromatic carbocycles. The Hall–Kier alpha value is -3.17. The summed E-state index contributed by atoms with van der Waals surface area (Å²) in [5.41, 5.74) is 1.73. The molecule has 124 valence electrons. The lowest BCUT2D eigenvalue weighted by atomic mass is 9.92. The maximum Gasteiger partial charge on any atom is 0.349 e. The maximum atomic E-state index is 11.8. The molecule has 3 rings (SSSR count). The monoisotopic (exact) mass is 352 g/mol. The number of nitrogens with one attached hydrogen (secondary N) is 1. The predicted molar refractivity (Wildman–Crippen MR) is 94.1 cm³/mol. The van der Waals surface area contributed by atoms with Gasteiger partial charge in [-0.2, -0.15) is 15.0 Å². The number of nitrogens with zero attached hydrogens (tertiary/aromatic N) is 3. The standard InChI is InChI=1S/C18H13ClN4O2/c1-11-2-4-12(5-3-11)15(9-20)14-7-6-13(8-16(14)19)23-18(25)22-17(24)10-21-23/h2-8,10,15H,1H3,(H,22,24,25). The highest BCUT2D eigenvalue weighted by atomic mass is 35.5. The first-order chi connectivity index (χ1) is 12.0. The van der Waals surface area contributed by atoms with Crippen molar-refractivity contribution in [1.82, 2.24) is 14.8 Å². The Labute approximate surface area is 147 Å². The van der Waals surface area contributed by atoms with E-state index in [1.54, 1.807) is 18.2 Å². The molecule has 0 amide bonds. The van der Waals surface area contributed by atoms with Crippen LogP contribution in [0.5, 0.6) is 0 Å². The molecule has 0 bridgehead atoms. The summed E-state index contributed by atoms with van der Waals surface area (Å²) in [6, 6.07) is 14.8. The lowest BCUT2D eigenvalue weighted by Crippen LogP contribution is -2.30. The molecular formula is C18H13ClN4O2. The molecule has 1 aromatic heterocycles. The zero-order chi connectivity index (χ0) is 18.0. The SMILES string of the molecule is Cc1ccc(C(C#N)c2ccc(-n3ncc(=O)[nH]c3=O)cc2Cl)cc1. The van der Waals surface area contributed by atoms with Crippen LogP contribution < -0.4 is 11.2 Å².